The molecule has 10 heteroatoms. The van der Waals surface area contributed by atoms with Gasteiger partial charge in [0.15, 0.2) is 18.1 Å². The van der Waals surface area contributed by atoms with Crippen LogP contribution in [0.2, 0.25) is 0 Å². The Balaban J connectivity index is 1.37. The molecule has 0 aromatic carbocycles. The molecule has 1 N–H and O–H groups in total. The maximum Gasteiger partial charge on any atom is 0.509 e. The number of esters is 1. The van der Waals surface area contributed by atoms with Crippen molar-refractivity contribution in [2.45, 2.75) is 103 Å². The van der Waals surface area contributed by atoms with E-state index in [-0.39, 0.29) is 42.3 Å². The summed E-state index contributed by atoms with van der Waals surface area (Å²) < 4.78 is 50.7. The second-order valence-electron chi connectivity index (χ2n) is 14.9. The number of halogens is 2. The Labute approximate surface area is 250 Å². The number of ketones is 1. The lowest BCUT2D eigenvalue weighted by atomic mass is 9.44. The number of fused-ring (bicyclic) bond motifs is 7. The molecular formula is C33H41F2NO7. The minimum absolute atomic E-state index is 0.000700. The van der Waals surface area contributed by atoms with E-state index >= 15 is 8.78 Å². The zero-order valence-electron chi connectivity index (χ0n) is 25.4. The fourth-order valence-electron chi connectivity index (χ4n) is 10.8. The predicted molar refractivity (Wildman–Crippen MR) is 148 cm³/mol. The highest BCUT2D eigenvalue weighted by Gasteiger charge is 2.79. The highest BCUT2D eigenvalue weighted by Crippen LogP contribution is 2.72. The Kier molecular flexibility index (Phi) is 6.75. The smallest absolute Gasteiger partial charge is 0.447 e. The number of hydrogen-bond acceptors (Lipinski definition) is 8. The largest absolute Gasteiger partial charge is 0.509 e. The van der Waals surface area contributed by atoms with Crippen LogP contribution in [0.15, 0.2) is 23.8 Å². The van der Waals surface area contributed by atoms with E-state index in [1.807, 2.05) is 0 Å². The standard InChI is InChI=1S/C33H41F2NO7/c1-17-12-21-22-15-24(34)23-14-19(37)8-9-30(23,4)32(22,35)26(38)16-31(21,5)33(17,27(39)41-11-10-36)43-28(40)42-25-13-18-6-7-20(25)29(18,2)3/h8-9,14,17-18,20-22,24-26,38H,6-7,11-13,15-16H2,1-5H3/t17-,18-,20?,21+,22+,24+,25+,26+,30+,31+,32+,33+/m1/s1. The van der Waals surface area contributed by atoms with Crippen LogP contribution < -0.4 is 0 Å². The van der Waals surface area contributed by atoms with Crippen molar-refractivity contribution in [3.05, 3.63) is 23.8 Å². The van der Waals surface area contributed by atoms with E-state index in [1.165, 1.54) is 19.1 Å². The van der Waals surface area contributed by atoms with Gasteiger partial charge in [0.1, 0.15) is 18.3 Å². The zero-order chi connectivity index (χ0) is 31.3. The van der Waals surface area contributed by atoms with E-state index in [0.29, 0.717) is 12.3 Å². The van der Waals surface area contributed by atoms with Gasteiger partial charge in [-0.3, -0.25) is 4.79 Å². The fourth-order valence-corrected chi connectivity index (χ4v) is 10.8. The Morgan fingerprint density at radius 1 is 1.12 bits per heavy atom. The van der Waals surface area contributed by atoms with Gasteiger partial charge in [0.05, 0.1) is 6.10 Å². The number of hydrogen-bond donors (Lipinski definition) is 1. The van der Waals surface area contributed by atoms with Crippen LogP contribution in [0.5, 0.6) is 0 Å². The minimum atomic E-state index is -2.36. The van der Waals surface area contributed by atoms with Crippen LogP contribution >= 0.6 is 0 Å². The number of rotatable bonds is 4. The molecule has 0 amide bonds. The lowest BCUT2D eigenvalue weighted by Crippen LogP contribution is -2.71. The topological polar surface area (TPSA) is 123 Å². The van der Waals surface area contributed by atoms with Crippen molar-refractivity contribution in [2.75, 3.05) is 6.61 Å². The van der Waals surface area contributed by atoms with E-state index in [9.17, 15) is 24.8 Å². The Hall–Kier alpha value is -2.80. The number of nitrogens with zero attached hydrogens (tertiary/aromatic N) is 1. The average Bonchev–Trinajstić information content (AvgIpc) is 3.44. The molecule has 0 radical (unpaired) electrons. The average molecular weight is 602 g/mol. The van der Waals surface area contributed by atoms with Gasteiger partial charge >= 0.3 is 12.1 Å². The van der Waals surface area contributed by atoms with Crippen LogP contribution in [0.4, 0.5) is 13.6 Å². The van der Waals surface area contributed by atoms with Gasteiger partial charge in [-0.15, -0.1) is 0 Å². The van der Waals surface area contributed by atoms with Crippen molar-refractivity contribution in [1.82, 2.24) is 0 Å². The molecule has 0 saturated heterocycles. The quantitative estimate of drug-likeness (QED) is 0.429. The van der Waals surface area contributed by atoms with E-state index in [0.717, 1.165) is 18.9 Å². The summed E-state index contributed by atoms with van der Waals surface area (Å²) in [4.78, 5) is 39.6. The second kappa shape index (κ2) is 9.60. The molecule has 5 saturated carbocycles. The number of nitriles is 1. The minimum Gasteiger partial charge on any atom is -0.447 e. The first-order valence-corrected chi connectivity index (χ1v) is 15.5. The molecule has 6 rings (SSSR count). The monoisotopic (exact) mass is 601 g/mol. The first-order valence-electron chi connectivity index (χ1n) is 15.5. The first kappa shape index (κ1) is 30.2. The van der Waals surface area contributed by atoms with Crippen LogP contribution in [0.25, 0.3) is 0 Å². The summed E-state index contributed by atoms with van der Waals surface area (Å²) in [5, 5.41) is 20.9. The molecular weight excluding hydrogens is 560 g/mol. The third kappa shape index (κ3) is 3.75. The summed E-state index contributed by atoms with van der Waals surface area (Å²) in [5.41, 5.74) is -7.33. The van der Waals surface area contributed by atoms with Crippen molar-refractivity contribution in [3.63, 3.8) is 0 Å². The van der Waals surface area contributed by atoms with E-state index in [4.69, 9.17) is 14.2 Å². The molecule has 0 aromatic rings. The van der Waals surface area contributed by atoms with Crippen molar-refractivity contribution < 1.29 is 42.5 Å². The van der Waals surface area contributed by atoms with Gasteiger partial charge in [-0.25, -0.2) is 18.4 Å². The van der Waals surface area contributed by atoms with Gasteiger partial charge in [-0.05, 0) is 80.4 Å². The number of aliphatic hydroxyl groups excluding tert-OH is 1. The van der Waals surface area contributed by atoms with Gasteiger partial charge in [0.2, 0.25) is 5.60 Å². The summed E-state index contributed by atoms with van der Waals surface area (Å²) in [7, 11) is 0. The van der Waals surface area contributed by atoms with Gasteiger partial charge in [0, 0.05) is 28.6 Å². The van der Waals surface area contributed by atoms with Crippen LogP contribution in [-0.2, 0) is 23.8 Å². The first-order chi connectivity index (χ1) is 20.1. The van der Waals surface area contributed by atoms with Crippen molar-refractivity contribution >= 4 is 17.9 Å². The zero-order valence-corrected chi connectivity index (χ0v) is 25.4. The molecule has 0 spiro atoms. The third-order valence-electron chi connectivity index (χ3n) is 13.0. The number of ether oxygens (including phenoxy) is 3. The highest BCUT2D eigenvalue weighted by molar-refractivity contribution is 6.01. The number of alkyl halides is 2. The highest BCUT2D eigenvalue weighted by atomic mass is 19.1. The van der Waals surface area contributed by atoms with Crippen molar-refractivity contribution in [2.24, 2.45) is 45.8 Å². The third-order valence-corrected chi connectivity index (χ3v) is 13.0. The van der Waals surface area contributed by atoms with E-state index in [1.54, 1.807) is 19.9 Å². The second-order valence-corrected chi connectivity index (χ2v) is 14.9. The van der Waals surface area contributed by atoms with E-state index < -0.39 is 76.6 Å². The molecule has 6 aliphatic rings. The number of allylic oxidation sites excluding steroid dienone is 4. The normalized spacial score (nSPS) is 48.8. The van der Waals surface area contributed by atoms with Crippen LogP contribution in [0.3, 0.4) is 0 Å². The molecule has 0 aromatic heterocycles. The van der Waals surface area contributed by atoms with Gasteiger partial charge < -0.3 is 19.3 Å². The summed E-state index contributed by atoms with van der Waals surface area (Å²) in [6, 6.07) is 1.77. The Morgan fingerprint density at radius 3 is 2.47 bits per heavy atom. The summed E-state index contributed by atoms with van der Waals surface area (Å²) in [5.74, 6) is -3.34. The van der Waals surface area contributed by atoms with Crippen LogP contribution in [-0.4, -0.2) is 59.3 Å². The molecule has 0 heterocycles. The molecule has 0 aliphatic heterocycles. The van der Waals surface area contributed by atoms with E-state index in [2.05, 4.69) is 13.8 Å². The molecule has 6 aliphatic carbocycles. The number of carbonyl (C=O) groups is 3. The summed E-state index contributed by atoms with van der Waals surface area (Å²) >= 11 is 0. The van der Waals surface area contributed by atoms with Gasteiger partial charge in [0.25, 0.3) is 0 Å². The summed E-state index contributed by atoms with van der Waals surface area (Å²) in [6.45, 7) is 8.60. The Morgan fingerprint density at radius 2 is 1.84 bits per heavy atom. The molecule has 2 bridgehead atoms. The number of carbonyl (C=O) groups excluding carboxylic acids is 3. The molecule has 8 nitrogen and oxygen atoms in total. The lowest BCUT2D eigenvalue weighted by Gasteiger charge is -2.62. The van der Waals surface area contributed by atoms with Crippen molar-refractivity contribution in [1.29, 1.82) is 5.26 Å². The molecule has 234 valence electrons. The maximum atomic E-state index is 17.6. The van der Waals surface area contributed by atoms with Crippen molar-refractivity contribution in [3.8, 4) is 6.07 Å². The molecule has 43 heavy (non-hydrogen) atoms. The SMILES string of the molecule is C[C@@H]1C[C@H]2[C@@H]3C[C@H](F)C4=CC(=O)C=C[C@]4(C)[C@@]3(F)[C@@H](O)C[C@]2(C)[C@@]1(OC(=O)O[C@H]1C[C@H]2CCC1C2(C)C)C(=O)OCC#N. The predicted octanol–water partition coefficient (Wildman–Crippen LogP) is 5.33. The van der Waals surface area contributed by atoms with Crippen LogP contribution in [0, 0.1) is 57.2 Å². The fraction of sp³-hybridized carbons (Fsp3) is 0.758. The number of aliphatic hydroxyl groups is 1. The maximum absolute atomic E-state index is 17.6. The Bertz CT molecular complexity index is 1350. The lowest BCUT2D eigenvalue weighted by molar-refractivity contribution is -0.234. The van der Waals surface area contributed by atoms with Gasteiger partial charge in [-0.2, -0.15) is 5.26 Å². The molecule has 12 atom stereocenters. The molecule has 1 unspecified atom stereocenters. The van der Waals surface area contributed by atoms with Crippen LogP contribution in [0.1, 0.15) is 73.1 Å². The summed E-state index contributed by atoms with van der Waals surface area (Å²) in [6.07, 6.45) is 1.18. The molecule has 5 fully saturated rings. The van der Waals surface area contributed by atoms with Gasteiger partial charge in [-0.1, -0.05) is 33.8 Å².